The van der Waals surface area contributed by atoms with Crippen molar-refractivity contribution in [3.05, 3.63) is 6.33 Å². The fraction of sp³-hybridized carbons (Fsp3) is 0.714. The van der Waals surface area contributed by atoms with Gasteiger partial charge in [0.2, 0.25) is 5.88 Å². The minimum absolute atomic E-state index is 0.504. The van der Waals surface area contributed by atoms with E-state index < -0.39 is 0 Å². The number of nitrogen functional groups attached to an aromatic ring is 1. The molecule has 0 amide bonds. The number of rotatable bonds is 5. The first-order valence-corrected chi connectivity index (χ1v) is 7.28. The highest BCUT2D eigenvalue weighted by atomic mass is 16.5. The molecule has 2 rings (SSSR count). The van der Waals surface area contributed by atoms with Crippen molar-refractivity contribution in [2.75, 3.05) is 44.4 Å². The summed E-state index contributed by atoms with van der Waals surface area (Å²) in [5.41, 5.74) is 6.73. The van der Waals surface area contributed by atoms with Crippen LogP contribution in [0.5, 0.6) is 5.88 Å². The maximum absolute atomic E-state index is 6.17. The van der Waals surface area contributed by atoms with Crippen molar-refractivity contribution in [2.45, 2.75) is 32.2 Å². The molecule has 1 aromatic rings. The topological polar surface area (TPSA) is 67.5 Å². The number of aromatic nitrogens is 2. The van der Waals surface area contributed by atoms with Crippen LogP contribution in [0.2, 0.25) is 0 Å². The van der Waals surface area contributed by atoms with Gasteiger partial charge in [-0.25, -0.2) is 4.98 Å². The van der Waals surface area contributed by atoms with Gasteiger partial charge in [0.1, 0.15) is 12.0 Å². The van der Waals surface area contributed by atoms with Crippen molar-refractivity contribution >= 4 is 11.5 Å². The Labute approximate surface area is 120 Å². The van der Waals surface area contributed by atoms with Gasteiger partial charge in [-0.05, 0) is 33.4 Å². The Hall–Kier alpha value is -1.56. The fourth-order valence-electron chi connectivity index (χ4n) is 2.51. The van der Waals surface area contributed by atoms with Crippen LogP contribution in [0.4, 0.5) is 11.5 Å². The molecule has 1 saturated heterocycles. The summed E-state index contributed by atoms with van der Waals surface area (Å²) in [7, 11) is 4.24. The van der Waals surface area contributed by atoms with Gasteiger partial charge in [0.15, 0.2) is 5.82 Å². The molecule has 0 bridgehead atoms. The van der Waals surface area contributed by atoms with E-state index in [4.69, 9.17) is 10.5 Å². The number of ether oxygens (including phenoxy) is 1. The van der Waals surface area contributed by atoms with Crippen LogP contribution < -0.4 is 15.4 Å². The average molecular weight is 279 g/mol. The zero-order chi connectivity index (χ0) is 14.5. The Kier molecular flexibility index (Phi) is 5.00. The molecule has 6 nitrogen and oxygen atoms in total. The molecule has 6 heteroatoms. The summed E-state index contributed by atoms with van der Waals surface area (Å²) in [6.45, 7) is 4.62. The van der Waals surface area contributed by atoms with E-state index in [2.05, 4.69) is 40.8 Å². The van der Waals surface area contributed by atoms with Crippen molar-refractivity contribution in [2.24, 2.45) is 0 Å². The molecule has 1 atom stereocenters. The molecule has 112 valence electrons. The van der Waals surface area contributed by atoms with Crippen molar-refractivity contribution < 1.29 is 4.74 Å². The van der Waals surface area contributed by atoms with Gasteiger partial charge in [-0.15, -0.1) is 0 Å². The molecule has 0 aromatic carbocycles. The zero-order valence-electron chi connectivity index (χ0n) is 12.7. The van der Waals surface area contributed by atoms with E-state index >= 15 is 0 Å². The molecular formula is C14H25N5O. The summed E-state index contributed by atoms with van der Waals surface area (Å²) in [5.74, 6) is 1.31. The van der Waals surface area contributed by atoms with E-state index in [0.717, 1.165) is 31.7 Å². The van der Waals surface area contributed by atoms with Crippen LogP contribution in [0, 0.1) is 0 Å². The number of nitrogens with zero attached hydrogens (tertiary/aromatic N) is 4. The standard InChI is InChI=1S/C14H25N5O/c1-4-8-20-14-12(15)13(16-10-17-14)19-7-5-6-11(9-19)18(2)3/h10-11H,4-9,15H2,1-3H3. The molecule has 1 unspecified atom stereocenters. The minimum atomic E-state index is 0.504. The predicted molar refractivity (Wildman–Crippen MR) is 81.2 cm³/mol. The van der Waals surface area contributed by atoms with Crippen molar-refractivity contribution in [3.63, 3.8) is 0 Å². The zero-order valence-corrected chi connectivity index (χ0v) is 12.7. The molecule has 0 aliphatic carbocycles. The minimum Gasteiger partial charge on any atom is -0.476 e. The Bertz CT molecular complexity index is 438. The summed E-state index contributed by atoms with van der Waals surface area (Å²) in [5, 5.41) is 0. The van der Waals surface area contributed by atoms with E-state index in [9.17, 15) is 0 Å². The largest absolute Gasteiger partial charge is 0.476 e. The Morgan fingerprint density at radius 2 is 2.25 bits per heavy atom. The van der Waals surface area contributed by atoms with Crippen molar-refractivity contribution in [1.29, 1.82) is 0 Å². The summed E-state index contributed by atoms with van der Waals surface area (Å²) in [6, 6.07) is 0.540. The van der Waals surface area contributed by atoms with Crippen LogP contribution in [-0.4, -0.2) is 54.7 Å². The van der Waals surface area contributed by atoms with Crippen LogP contribution in [0.3, 0.4) is 0 Å². The van der Waals surface area contributed by atoms with Gasteiger partial charge in [-0.1, -0.05) is 6.92 Å². The molecular weight excluding hydrogens is 254 g/mol. The summed E-state index contributed by atoms with van der Waals surface area (Å²) >= 11 is 0. The molecule has 0 saturated carbocycles. The second-order valence-corrected chi connectivity index (χ2v) is 5.47. The second kappa shape index (κ2) is 6.74. The Morgan fingerprint density at radius 3 is 2.95 bits per heavy atom. The van der Waals surface area contributed by atoms with E-state index in [1.54, 1.807) is 0 Å². The maximum Gasteiger partial charge on any atom is 0.242 e. The third-order valence-corrected chi connectivity index (χ3v) is 3.70. The van der Waals surface area contributed by atoms with Gasteiger partial charge in [-0.3, -0.25) is 0 Å². The highest BCUT2D eigenvalue weighted by Crippen LogP contribution is 2.30. The molecule has 1 aromatic heterocycles. The third kappa shape index (κ3) is 3.30. The molecule has 2 heterocycles. The molecule has 20 heavy (non-hydrogen) atoms. The number of hydrogen-bond donors (Lipinski definition) is 1. The highest BCUT2D eigenvalue weighted by Gasteiger charge is 2.24. The lowest BCUT2D eigenvalue weighted by atomic mass is 10.0. The van der Waals surface area contributed by atoms with Crippen molar-refractivity contribution in [1.82, 2.24) is 14.9 Å². The predicted octanol–water partition coefficient (Wildman–Crippen LogP) is 1.38. The summed E-state index contributed by atoms with van der Waals surface area (Å²) < 4.78 is 5.58. The van der Waals surface area contributed by atoms with Gasteiger partial charge in [-0.2, -0.15) is 4.98 Å². The monoisotopic (exact) mass is 279 g/mol. The van der Waals surface area contributed by atoms with Gasteiger partial charge in [0.25, 0.3) is 0 Å². The first-order chi connectivity index (χ1) is 9.63. The van der Waals surface area contributed by atoms with Crippen LogP contribution >= 0.6 is 0 Å². The SMILES string of the molecule is CCCOc1ncnc(N2CCCC(N(C)C)C2)c1N. The van der Waals surface area contributed by atoms with E-state index in [-0.39, 0.29) is 0 Å². The molecule has 1 fully saturated rings. The van der Waals surface area contributed by atoms with Gasteiger partial charge in [0, 0.05) is 19.1 Å². The molecule has 1 aliphatic heterocycles. The second-order valence-electron chi connectivity index (χ2n) is 5.47. The van der Waals surface area contributed by atoms with Gasteiger partial charge < -0.3 is 20.3 Å². The van der Waals surface area contributed by atoms with Crippen molar-refractivity contribution in [3.8, 4) is 5.88 Å². The first kappa shape index (κ1) is 14.8. The normalized spacial score (nSPS) is 19.4. The van der Waals surface area contributed by atoms with E-state index in [0.29, 0.717) is 24.2 Å². The molecule has 1 aliphatic rings. The number of anilines is 2. The third-order valence-electron chi connectivity index (χ3n) is 3.70. The van der Waals surface area contributed by atoms with Crippen LogP contribution in [0.1, 0.15) is 26.2 Å². The lowest BCUT2D eigenvalue weighted by molar-refractivity contribution is 0.257. The Balaban J connectivity index is 2.15. The fourth-order valence-corrected chi connectivity index (χ4v) is 2.51. The summed E-state index contributed by atoms with van der Waals surface area (Å²) in [6.07, 6.45) is 4.84. The molecule has 2 N–H and O–H groups in total. The number of nitrogens with two attached hydrogens (primary N) is 1. The lowest BCUT2D eigenvalue weighted by Crippen LogP contribution is -2.45. The quantitative estimate of drug-likeness (QED) is 0.878. The van der Waals surface area contributed by atoms with E-state index in [1.165, 1.54) is 12.7 Å². The van der Waals surface area contributed by atoms with Crippen LogP contribution in [0.25, 0.3) is 0 Å². The summed E-state index contributed by atoms with van der Waals surface area (Å²) in [4.78, 5) is 13.0. The van der Waals surface area contributed by atoms with E-state index in [1.807, 2.05) is 0 Å². The van der Waals surface area contributed by atoms with Gasteiger partial charge in [0.05, 0.1) is 6.61 Å². The molecule has 0 spiro atoms. The first-order valence-electron chi connectivity index (χ1n) is 7.28. The maximum atomic E-state index is 6.17. The van der Waals surface area contributed by atoms with Crippen LogP contribution in [0.15, 0.2) is 6.33 Å². The molecule has 0 radical (unpaired) electrons. The number of piperidine rings is 1. The smallest absolute Gasteiger partial charge is 0.242 e. The lowest BCUT2D eigenvalue weighted by Gasteiger charge is -2.37. The number of hydrogen-bond acceptors (Lipinski definition) is 6. The van der Waals surface area contributed by atoms with Gasteiger partial charge >= 0.3 is 0 Å². The van der Waals surface area contributed by atoms with Crippen LogP contribution in [-0.2, 0) is 0 Å². The highest BCUT2D eigenvalue weighted by molar-refractivity contribution is 5.67. The average Bonchev–Trinajstić information content (AvgIpc) is 2.46. The number of likely N-dealkylation sites (N-methyl/N-ethyl adjacent to an activating group) is 1. The Morgan fingerprint density at radius 1 is 1.45 bits per heavy atom.